The fourth-order valence-corrected chi connectivity index (χ4v) is 2.99. The Morgan fingerprint density at radius 2 is 1.73 bits per heavy atom. The SMILES string of the molecule is COc1cc(OC(F)(F)F)ccc1Oc1cc(OC2CC(F)(F)C2)cc(Cl)c1C#N. The quantitative estimate of drug-likeness (QED) is 0.500. The molecule has 0 heterocycles. The van der Waals surface area contributed by atoms with E-state index >= 15 is 0 Å². The molecule has 160 valence electrons. The molecule has 0 aliphatic heterocycles. The predicted molar refractivity (Wildman–Crippen MR) is 94.5 cm³/mol. The molecule has 2 aromatic carbocycles. The molecule has 0 saturated heterocycles. The van der Waals surface area contributed by atoms with E-state index in [1.807, 2.05) is 6.07 Å². The highest BCUT2D eigenvalue weighted by Gasteiger charge is 2.47. The highest BCUT2D eigenvalue weighted by Crippen LogP contribution is 2.43. The third-order valence-corrected chi connectivity index (χ3v) is 4.38. The predicted octanol–water partition coefficient (Wildman–Crippen LogP) is 6.09. The van der Waals surface area contributed by atoms with Crippen LogP contribution in [0.25, 0.3) is 0 Å². The lowest BCUT2D eigenvalue weighted by Gasteiger charge is -2.34. The van der Waals surface area contributed by atoms with Crippen LogP contribution in [0.4, 0.5) is 22.0 Å². The fraction of sp³-hybridized carbons (Fsp3) is 0.316. The van der Waals surface area contributed by atoms with Crippen molar-refractivity contribution in [3.05, 3.63) is 40.9 Å². The van der Waals surface area contributed by atoms with Crippen LogP contribution in [-0.2, 0) is 0 Å². The van der Waals surface area contributed by atoms with Gasteiger partial charge in [-0.25, -0.2) is 8.78 Å². The molecule has 30 heavy (non-hydrogen) atoms. The summed E-state index contributed by atoms with van der Waals surface area (Å²) in [5, 5.41) is 9.29. The summed E-state index contributed by atoms with van der Waals surface area (Å²) in [6, 6.07) is 7.50. The zero-order valence-corrected chi connectivity index (χ0v) is 16.0. The Labute approximate surface area is 172 Å². The van der Waals surface area contributed by atoms with Crippen molar-refractivity contribution in [3.8, 4) is 34.8 Å². The summed E-state index contributed by atoms with van der Waals surface area (Å²) < 4.78 is 83.1. The first-order chi connectivity index (χ1) is 14.0. The Kier molecular flexibility index (Phi) is 5.85. The van der Waals surface area contributed by atoms with E-state index in [0.717, 1.165) is 18.2 Å². The summed E-state index contributed by atoms with van der Waals surface area (Å²) in [7, 11) is 1.20. The molecule has 0 amide bonds. The molecule has 1 aliphatic carbocycles. The van der Waals surface area contributed by atoms with E-state index < -0.39 is 37.0 Å². The number of halogens is 6. The van der Waals surface area contributed by atoms with Crippen molar-refractivity contribution in [1.29, 1.82) is 5.26 Å². The maximum Gasteiger partial charge on any atom is 0.573 e. The van der Waals surface area contributed by atoms with Gasteiger partial charge in [0.1, 0.15) is 29.2 Å². The molecular formula is C19H13ClF5NO4. The second kappa shape index (κ2) is 8.07. The van der Waals surface area contributed by atoms with Crippen LogP contribution in [0, 0.1) is 11.3 Å². The number of benzene rings is 2. The van der Waals surface area contributed by atoms with E-state index in [1.165, 1.54) is 19.2 Å². The Hall–Kier alpha value is -2.93. The summed E-state index contributed by atoms with van der Waals surface area (Å²) in [4.78, 5) is 0. The first-order valence-electron chi connectivity index (χ1n) is 8.39. The van der Waals surface area contributed by atoms with Crippen LogP contribution in [0.2, 0.25) is 5.02 Å². The molecule has 0 N–H and O–H groups in total. The van der Waals surface area contributed by atoms with Crippen LogP contribution < -0.4 is 18.9 Å². The molecular weight excluding hydrogens is 437 g/mol. The van der Waals surface area contributed by atoms with Crippen LogP contribution in [0.15, 0.2) is 30.3 Å². The molecule has 11 heteroatoms. The summed E-state index contributed by atoms with van der Waals surface area (Å²) in [6.45, 7) is 0. The summed E-state index contributed by atoms with van der Waals surface area (Å²) >= 11 is 6.07. The highest BCUT2D eigenvalue weighted by molar-refractivity contribution is 6.32. The van der Waals surface area contributed by atoms with Crippen molar-refractivity contribution < 1.29 is 40.9 Å². The van der Waals surface area contributed by atoms with Crippen LogP contribution in [0.5, 0.6) is 28.7 Å². The van der Waals surface area contributed by atoms with Gasteiger partial charge in [-0.3, -0.25) is 0 Å². The molecule has 0 radical (unpaired) electrons. The second-order valence-electron chi connectivity index (χ2n) is 6.36. The van der Waals surface area contributed by atoms with Gasteiger partial charge in [-0.15, -0.1) is 13.2 Å². The Morgan fingerprint density at radius 3 is 2.30 bits per heavy atom. The maximum atomic E-state index is 13.0. The molecule has 1 aliphatic rings. The van der Waals surface area contributed by atoms with Gasteiger partial charge in [0, 0.05) is 31.0 Å². The zero-order chi connectivity index (χ0) is 22.1. The van der Waals surface area contributed by atoms with Gasteiger partial charge in [0.15, 0.2) is 17.2 Å². The molecule has 2 aromatic rings. The minimum Gasteiger partial charge on any atom is -0.493 e. The standard InChI is InChI=1S/C19H13ClF5NO4/c1-27-17-5-10(30-19(23,24)25)2-3-15(17)29-16-6-11(4-14(20)13(16)9-26)28-12-7-18(21,22)8-12/h2-6,12H,7-8H2,1H3. The molecule has 1 fully saturated rings. The van der Waals surface area contributed by atoms with Crippen LogP contribution in [0.1, 0.15) is 18.4 Å². The summed E-state index contributed by atoms with van der Waals surface area (Å²) in [5.41, 5.74) is -0.0828. The molecule has 1 saturated carbocycles. The van der Waals surface area contributed by atoms with Gasteiger partial charge in [0.05, 0.1) is 12.1 Å². The molecule has 0 unspecified atom stereocenters. The Morgan fingerprint density at radius 1 is 1.07 bits per heavy atom. The number of nitrogens with zero attached hydrogens (tertiary/aromatic N) is 1. The van der Waals surface area contributed by atoms with E-state index in [9.17, 15) is 27.2 Å². The smallest absolute Gasteiger partial charge is 0.493 e. The van der Waals surface area contributed by atoms with Crippen molar-refractivity contribution in [2.24, 2.45) is 0 Å². The van der Waals surface area contributed by atoms with Gasteiger partial charge in [-0.2, -0.15) is 5.26 Å². The number of alkyl halides is 5. The molecule has 5 nitrogen and oxygen atoms in total. The summed E-state index contributed by atoms with van der Waals surface area (Å²) in [6.07, 6.45) is -6.51. The third kappa shape index (κ3) is 5.16. The highest BCUT2D eigenvalue weighted by atomic mass is 35.5. The lowest BCUT2D eigenvalue weighted by Crippen LogP contribution is -2.43. The zero-order valence-electron chi connectivity index (χ0n) is 15.2. The van der Waals surface area contributed by atoms with E-state index in [4.69, 9.17) is 25.8 Å². The number of ether oxygens (including phenoxy) is 4. The van der Waals surface area contributed by atoms with Gasteiger partial charge >= 0.3 is 6.36 Å². The van der Waals surface area contributed by atoms with Crippen molar-refractivity contribution in [3.63, 3.8) is 0 Å². The van der Waals surface area contributed by atoms with Crippen LogP contribution in [0.3, 0.4) is 0 Å². The molecule has 0 atom stereocenters. The van der Waals surface area contributed by atoms with Gasteiger partial charge < -0.3 is 18.9 Å². The van der Waals surface area contributed by atoms with Gasteiger partial charge in [-0.1, -0.05) is 11.6 Å². The number of methoxy groups -OCH3 is 1. The van der Waals surface area contributed by atoms with Crippen LogP contribution in [-0.4, -0.2) is 25.5 Å². The minimum absolute atomic E-state index is 0.0353. The number of hydrogen-bond donors (Lipinski definition) is 0. The normalized spacial score (nSPS) is 15.7. The average molecular weight is 450 g/mol. The lowest BCUT2D eigenvalue weighted by atomic mass is 9.91. The third-order valence-electron chi connectivity index (χ3n) is 4.08. The minimum atomic E-state index is -4.89. The monoisotopic (exact) mass is 449 g/mol. The molecule has 0 spiro atoms. The van der Waals surface area contributed by atoms with E-state index in [0.29, 0.717) is 0 Å². The average Bonchev–Trinajstić information content (AvgIpc) is 2.60. The largest absolute Gasteiger partial charge is 0.573 e. The van der Waals surface area contributed by atoms with Crippen molar-refractivity contribution >= 4 is 11.6 Å². The van der Waals surface area contributed by atoms with Gasteiger partial charge in [0.25, 0.3) is 5.92 Å². The van der Waals surface area contributed by atoms with Crippen molar-refractivity contribution in [1.82, 2.24) is 0 Å². The first kappa shape index (κ1) is 21.8. The van der Waals surface area contributed by atoms with Gasteiger partial charge in [0.2, 0.25) is 0 Å². The molecule has 0 bridgehead atoms. The molecule has 0 aromatic heterocycles. The van der Waals surface area contributed by atoms with Crippen molar-refractivity contribution in [2.45, 2.75) is 31.2 Å². The Bertz CT molecular complexity index is 982. The van der Waals surface area contributed by atoms with Crippen molar-refractivity contribution in [2.75, 3.05) is 7.11 Å². The maximum absolute atomic E-state index is 13.0. The van der Waals surface area contributed by atoms with E-state index in [2.05, 4.69) is 4.74 Å². The number of hydrogen-bond acceptors (Lipinski definition) is 5. The molecule has 3 rings (SSSR count). The number of nitriles is 1. The topological polar surface area (TPSA) is 60.7 Å². The lowest BCUT2D eigenvalue weighted by molar-refractivity contribution is -0.274. The summed E-state index contributed by atoms with van der Waals surface area (Å²) in [5.74, 6) is -3.45. The van der Waals surface area contributed by atoms with Gasteiger partial charge in [-0.05, 0) is 12.1 Å². The number of rotatable bonds is 6. The fourth-order valence-electron chi connectivity index (χ4n) is 2.74. The van der Waals surface area contributed by atoms with Crippen LogP contribution >= 0.6 is 11.6 Å². The Balaban J connectivity index is 1.87. The first-order valence-corrected chi connectivity index (χ1v) is 8.77. The van der Waals surface area contributed by atoms with E-state index in [-0.39, 0.29) is 33.6 Å². The van der Waals surface area contributed by atoms with E-state index in [1.54, 1.807) is 0 Å². The second-order valence-corrected chi connectivity index (χ2v) is 6.76.